The number of hydrogen-bond acceptors (Lipinski definition) is 2. The summed E-state index contributed by atoms with van der Waals surface area (Å²) in [5.41, 5.74) is 1.20. The van der Waals surface area contributed by atoms with Crippen LogP contribution in [0.2, 0.25) is 0 Å². The summed E-state index contributed by atoms with van der Waals surface area (Å²) in [4.78, 5) is 11.1. The Morgan fingerprint density at radius 1 is 1.50 bits per heavy atom. The lowest BCUT2D eigenvalue weighted by molar-refractivity contribution is -0.113. The molecule has 0 saturated carbocycles. The highest BCUT2D eigenvalue weighted by Crippen LogP contribution is 2.28. The molecular weight excluding hydrogens is 183 g/mol. The number of fused-ring (bicyclic) bond motifs is 1. The number of halogens is 1. The fourth-order valence-electron chi connectivity index (χ4n) is 1.37. The maximum absolute atomic E-state index is 13.2. The minimum Gasteiger partial charge on any atom is -0.485 e. The first-order valence-electron chi connectivity index (χ1n) is 4.31. The van der Waals surface area contributed by atoms with Gasteiger partial charge in [-0.05, 0) is 19.1 Å². The molecule has 14 heavy (non-hydrogen) atoms. The normalized spacial score (nSPS) is 14.0. The van der Waals surface area contributed by atoms with Gasteiger partial charge in [0.15, 0.2) is 17.3 Å². The van der Waals surface area contributed by atoms with Gasteiger partial charge in [-0.25, -0.2) is 4.39 Å². The fourth-order valence-corrected chi connectivity index (χ4v) is 1.37. The van der Waals surface area contributed by atoms with Gasteiger partial charge in [-0.2, -0.15) is 0 Å². The van der Waals surface area contributed by atoms with Crippen molar-refractivity contribution in [2.75, 3.05) is 6.61 Å². The Balaban J connectivity index is 2.50. The van der Waals surface area contributed by atoms with Gasteiger partial charge in [0, 0.05) is 11.1 Å². The molecule has 0 aliphatic carbocycles. The molecule has 72 valence electrons. The summed E-state index contributed by atoms with van der Waals surface area (Å²) < 4.78 is 18.3. The van der Waals surface area contributed by atoms with Gasteiger partial charge >= 0.3 is 0 Å². The van der Waals surface area contributed by atoms with Crippen LogP contribution in [0.1, 0.15) is 12.5 Å². The molecule has 0 bridgehead atoms. The maximum Gasteiger partial charge on any atom is 0.165 e. The van der Waals surface area contributed by atoms with E-state index in [2.05, 4.69) is 0 Å². The molecule has 0 N–H and O–H groups in total. The Bertz CT molecular complexity index is 421. The van der Waals surface area contributed by atoms with E-state index in [1.165, 1.54) is 13.0 Å². The van der Waals surface area contributed by atoms with Gasteiger partial charge in [0.2, 0.25) is 0 Å². The van der Waals surface area contributed by atoms with E-state index in [-0.39, 0.29) is 24.0 Å². The van der Waals surface area contributed by atoms with Gasteiger partial charge in [-0.3, -0.25) is 4.79 Å². The van der Waals surface area contributed by atoms with Crippen LogP contribution in [0.4, 0.5) is 4.39 Å². The third kappa shape index (κ3) is 1.41. The van der Waals surface area contributed by atoms with Crippen molar-refractivity contribution in [1.82, 2.24) is 0 Å². The van der Waals surface area contributed by atoms with Crippen molar-refractivity contribution >= 4 is 11.9 Å². The van der Waals surface area contributed by atoms with Crippen molar-refractivity contribution in [3.63, 3.8) is 0 Å². The number of para-hydroxylation sites is 1. The summed E-state index contributed by atoms with van der Waals surface area (Å²) >= 11 is 0. The highest BCUT2D eigenvalue weighted by Gasteiger charge is 2.16. The zero-order chi connectivity index (χ0) is 10.1. The van der Waals surface area contributed by atoms with Crippen LogP contribution < -0.4 is 4.74 Å². The quantitative estimate of drug-likeness (QED) is 0.681. The summed E-state index contributed by atoms with van der Waals surface area (Å²) in [6.07, 6.45) is 1.67. The molecular formula is C11H9FO2. The lowest BCUT2D eigenvalue weighted by atomic mass is 10.1. The number of benzene rings is 1. The van der Waals surface area contributed by atoms with Gasteiger partial charge in [0.1, 0.15) is 6.61 Å². The van der Waals surface area contributed by atoms with Gasteiger partial charge < -0.3 is 4.74 Å². The van der Waals surface area contributed by atoms with E-state index in [1.54, 1.807) is 18.2 Å². The van der Waals surface area contributed by atoms with Crippen molar-refractivity contribution in [2.24, 2.45) is 0 Å². The number of ether oxygens (including phenoxy) is 1. The van der Waals surface area contributed by atoms with E-state index >= 15 is 0 Å². The lowest BCUT2D eigenvalue weighted by Crippen LogP contribution is -2.13. The molecule has 0 atom stereocenters. The molecule has 1 aliphatic rings. The van der Waals surface area contributed by atoms with Gasteiger partial charge in [-0.15, -0.1) is 0 Å². The zero-order valence-corrected chi connectivity index (χ0v) is 7.71. The van der Waals surface area contributed by atoms with Gasteiger partial charge in [-0.1, -0.05) is 12.1 Å². The smallest absolute Gasteiger partial charge is 0.165 e. The Kier molecular flexibility index (Phi) is 2.08. The first-order valence-corrected chi connectivity index (χ1v) is 4.31. The van der Waals surface area contributed by atoms with Crippen LogP contribution in [-0.2, 0) is 4.79 Å². The topological polar surface area (TPSA) is 26.3 Å². The number of carbonyl (C=O) groups is 1. The largest absolute Gasteiger partial charge is 0.485 e. The van der Waals surface area contributed by atoms with E-state index < -0.39 is 0 Å². The minimum atomic E-state index is -0.388. The summed E-state index contributed by atoms with van der Waals surface area (Å²) in [5, 5.41) is 0. The molecule has 2 rings (SSSR count). The third-order valence-electron chi connectivity index (χ3n) is 2.15. The summed E-state index contributed by atoms with van der Waals surface area (Å²) in [5.74, 6) is -0.196. The molecule has 2 nitrogen and oxygen atoms in total. The Labute approximate surface area is 81.0 Å². The number of hydrogen-bond donors (Lipinski definition) is 0. The molecule has 0 amide bonds. The van der Waals surface area contributed by atoms with E-state index in [9.17, 15) is 9.18 Å². The van der Waals surface area contributed by atoms with Crippen molar-refractivity contribution in [2.45, 2.75) is 6.92 Å². The molecule has 1 aromatic rings. The van der Waals surface area contributed by atoms with Gasteiger partial charge in [0.25, 0.3) is 0 Å². The van der Waals surface area contributed by atoms with Crippen LogP contribution in [-0.4, -0.2) is 12.4 Å². The van der Waals surface area contributed by atoms with E-state index in [0.29, 0.717) is 11.1 Å². The second kappa shape index (κ2) is 3.25. The zero-order valence-electron chi connectivity index (χ0n) is 7.71. The van der Waals surface area contributed by atoms with Crippen LogP contribution in [0.25, 0.3) is 6.08 Å². The molecule has 0 saturated heterocycles. The molecule has 0 aromatic heterocycles. The summed E-state index contributed by atoms with van der Waals surface area (Å²) in [6, 6.07) is 4.66. The second-order valence-electron chi connectivity index (χ2n) is 3.17. The van der Waals surface area contributed by atoms with E-state index in [1.807, 2.05) is 0 Å². The maximum atomic E-state index is 13.2. The Morgan fingerprint density at radius 3 is 3.00 bits per heavy atom. The SMILES string of the molecule is CC(=O)C1=Cc2cccc(F)c2OC1. The minimum absolute atomic E-state index is 0.0417. The fraction of sp³-hybridized carbons (Fsp3) is 0.182. The molecule has 3 heteroatoms. The van der Waals surface area contributed by atoms with Crippen molar-refractivity contribution in [3.05, 3.63) is 35.2 Å². The Morgan fingerprint density at radius 2 is 2.29 bits per heavy atom. The third-order valence-corrected chi connectivity index (χ3v) is 2.15. The lowest BCUT2D eigenvalue weighted by Gasteiger charge is -2.16. The number of ketones is 1. The van der Waals surface area contributed by atoms with Crippen molar-refractivity contribution in [1.29, 1.82) is 0 Å². The monoisotopic (exact) mass is 192 g/mol. The first kappa shape index (κ1) is 8.94. The van der Waals surface area contributed by atoms with Crippen LogP contribution in [0.15, 0.2) is 23.8 Å². The molecule has 0 fully saturated rings. The van der Waals surface area contributed by atoms with Gasteiger partial charge in [0.05, 0.1) is 0 Å². The molecule has 0 radical (unpaired) electrons. The molecule has 1 heterocycles. The summed E-state index contributed by atoms with van der Waals surface area (Å²) in [6.45, 7) is 1.63. The average molecular weight is 192 g/mol. The highest BCUT2D eigenvalue weighted by atomic mass is 19.1. The van der Waals surface area contributed by atoms with Crippen LogP contribution in [0.3, 0.4) is 0 Å². The summed E-state index contributed by atoms with van der Waals surface area (Å²) in [7, 11) is 0. The molecule has 1 aromatic carbocycles. The average Bonchev–Trinajstić information content (AvgIpc) is 2.17. The van der Waals surface area contributed by atoms with E-state index in [0.717, 1.165) is 0 Å². The first-order chi connectivity index (χ1) is 6.68. The van der Waals surface area contributed by atoms with Crippen LogP contribution >= 0.6 is 0 Å². The van der Waals surface area contributed by atoms with Crippen molar-refractivity contribution < 1.29 is 13.9 Å². The molecule has 0 spiro atoms. The second-order valence-corrected chi connectivity index (χ2v) is 3.17. The van der Waals surface area contributed by atoms with E-state index in [4.69, 9.17) is 4.74 Å². The predicted molar refractivity (Wildman–Crippen MR) is 50.6 cm³/mol. The highest BCUT2D eigenvalue weighted by molar-refractivity contribution is 5.98. The van der Waals surface area contributed by atoms with Crippen molar-refractivity contribution in [3.8, 4) is 5.75 Å². The number of Topliss-reactive ketones (excluding diaryl/α,β-unsaturated/α-hetero) is 1. The predicted octanol–water partition coefficient (Wildman–Crippen LogP) is 2.19. The number of rotatable bonds is 1. The van der Waals surface area contributed by atoms with Crippen LogP contribution in [0.5, 0.6) is 5.75 Å². The van der Waals surface area contributed by atoms with Crippen LogP contribution in [0, 0.1) is 5.82 Å². The molecule has 1 aliphatic heterocycles. The Hall–Kier alpha value is -1.64. The standard InChI is InChI=1S/C11H9FO2/c1-7(13)9-5-8-3-2-4-10(12)11(8)14-6-9/h2-5H,6H2,1H3. The molecule has 0 unspecified atom stereocenters. The number of carbonyl (C=O) groups excluding carboxylic acids is 1.